The minimum Gasteiger partial charge on any atom is -0.379 e. The average molecular weight is 345 g/mol. The predicted octanol–water partition coefficient (Wildman–Crippen LogP) is 1.13. The Bertz CT molecular complexity index is 706. The fourth-order valence-electron chi connectivity index (χ4n) is 3.38. The number of aromatic nitrogens is 3. The molecule has 8 heteroatoms. The van der Waals surface area contributed by atoms with Crippen molar-refractivity contribution in [3.05, 3.63) is 34.5 Å². The van der Waals surface area contributed by atoms with Gasteiger partial charge in [-0.05, 0) is 12.0 Å². The number of nitrogens with one attached hydrogen (secondary N) is 1. The van der Waals surface area contributed by atoms with Crippen LogP contribution in [0.5, 0.6) is 0 Å². The molecule has 7 nitrogen and oxygen atoms in total. The van der Waals surface area contributed by atoms with E-state index in [1.54, 1.807) is 10.9 Å². The summed E-state index contributed by atoms with van der Waals surface area (Å²) in [5, 5.41) is 4.86. The van der Waals surface area contributed by atoms with Gasteiger partial charge >= 0.3 is 0 Å². The Labute approximate surface area is 144 Å². The Morgan fingerprint density at radius 2 is 2.21 bits per heavy atom. The number of anilines is 1. The third-order valence-corrected chi connectivity index (χ3v) is 5.33. The van der Waals surface area contributed by atoms with Crippen LogP contribution in [-0.2, 0) is 11.2 Å². The topological polar surface area (TPSA) is 80.2 Å². The van der Waals surface area contributed by atoms with Crippen LogP contribution < -0.4 is 10.2 Å². The summed E-state index contributed by atoms with van der Waals surface area (Å²) in [6.07, 6.45) is 4.66. The van der Waals surface area contributed by atoms with E-state index in [1.807, 2.05) is 12.4 Å². The first kappa shape index (κ1) is 15.5. The lowest BCUT2D eigenvalue weighted by molar-refractivity contribution is 0.0919. The number of nitrogens with zero attached hydrogens (tertiary/aromatic N) is 4. The zero-order valence-corrected chi connectivity index (χ0v) is 14.2. The maximum atomic E-state index is 12.3. The largest absolute Gasteiger partial charge is 0.379 e. The molecule has 0 bridgehead atoms. The Balaban J connectivity index is 1.52. The molecule has 0 spiro atoms. The summed E-state index contributed by atoms with van der Waals surface area (Å²) in [5.41, 5.74) is 3.25. The van der Waals surface area contributed by atoms with E-state index in [1.165, 1.54) is 11.3 Å². The summed E-state index contributed by atoms with van der Waals surface area (Å²) in [6, 6.07) is 0.222. The van der Waals surface area contributed by atoms with E-state index < -0.39 is 0 Å². The zero-order chi connectivity index (χ0) is 16.5. The highest BCUT2D eigenvalue weighted by molar-refractivity contribution is 7.07. The first-order chi connectivity index (χ1) is 11.8. The molecule has 126 valence electrons. The van der Waals surface area contributed by atoms with Crippen molar-refractivity contribution in [3.8, 4) is 0 Å². The molecular weight excluding hydrogens is 326 g/mol. The fourth-order valence-corrected chi connectivity index (χ4v) is 3.91. The van der Waals surface area contributed by atoms with Gasteiger partial charge in [-0.2, -0.15) is 0 Å². The molecule has 24 heavy (non-hydrogen) atoms. The number of rotatable bonds is 4. The highest BCUT2D eigenvalue weighted by Gasteiger charge is 2.47. The molecule has 2 aliphatic rings. The van der Waals surface area contributed by atoms with Crippen molar-refractivity contribution >= 4 is 23.2 Å². The van der Waals surface area contributed by atoms with Crippen molar-refractivity contribution < 1.29 is 9.53 Å². The number of hydrogen-bond donors (Lipinski definition) is 1. The molecule has 4 rings (SSSR count). The molecule has 0 radical (unpaired) electrons. The lowest BCUT2D eigenvalue weighted by Crippen LogP contribution is -2.41. The maximum Gasteiger partial charge on any atom is 0.271 e. The Morgan fingerprint density at radius 3 is 2.92 bits per heavy atom. The summed E-state index contributed by atoms with van der Waals surface area (Å²) in [7, 11) is 0. The van der Waals surface area contributed by atoms with Gasteiger partial charge in [0, 0.05) is 30.2 Å². The van der Waals surface area contributed by atoms with Crippen molar-refractivity contribution in [2.75, 3.05) is 24.7 Å². The van der Waals surface area contributed by atoms with Gasteiger partial charge in [0.15, 0.2) is 0 Å². The summed E-state index contributed by atoms with van der Waals surface area (Å²) in [4.78, 5) is 27.5. The van der Waals surface area contributed by atoms with Gasteiger partial charge in [0.25, 0.3) is 5.91 Å². The van der Waals surface area contributed by atoms with Gasteiger partial charge in [0.1, 0.15) is 5.69 Å². The lowest BCUT2D eigenvalue weighted by atomic mass is 10.00. The number of amides is 1. The average Bonchev–Trinajstić information content (AvgIpc) is 3.34. The van der Waals surface area contributed by atoms with Crippen LogP contribution in [0, 0.1) is 5.92 Å². The van der Waals surface area contributed by atoms with Crippen LogP contribution in [0.2, 0.25) is 0 Å². The number of carbonyl (C=O) groups is 1. The molecule has 1 N–H and O–H groups in total. The number of hydrogen-bond acceptors (Lipinski definition) is 7. The van der Waals surface area contributed by atoms with E-state index in [2.05, 4.69) is 32.1 Å². The summed E-state index contributed by atoms with van der Waals surface area (Å²) < 4.78 is 5.65. The second-order valence-electron chi connectivity index (χ2n) is 6.12. The van der Waals surface area contributed by atoms with E-state index in [0.717, 1.165) is 12.0 Å². The molecule has 2 aromatic rings. The van der Waals surface area contributed by atoms with Crippen molar-refractivity contribution in [1.82, 2.24) is 20.3 Å². The van der Waals surface area contributed by atoms with Gasteiger partial charge < -0.3 is 15.0 Å². The third kappa shape index (κ3) is 2.76. The van der Waals surface area contributed by atoms with Crippen LogP contribution in [0.4, 0.5) is 5.95 Å². The standard InChI is InChI=1S/C16H19N5O2S/c1-2-10-3-17-16(18-4-10)21-5-12(11-6-23-7-14(11)21)20-15(22)13-8-24-9-19-13/h3-4,8-9,11-12,14H,2,5-7H2,1H3,(H,20,22)/t11-,12+,14-/m0/s1. The second-order valence-corrected chi connectivity index (χ2v) is 6.84. The van der Waals surface area contributed by atoms with Gasteiger partial charge in [-0.15, -0.1) is 11.3 Å². The Hall–Kier alpha value is -2.06. The minimum atomic E-state index is -0.129. The smallest absolute Gasteiger partial charge is 0.271 e. The maximum absolute atomic E-state index is 12.3. The van der Waals surface area contributed by atoms with Crippen LogP contribution in [0.3, 0.4) is 0 Å². The minimum absolute atomic E-state index is 0.0150. The normalized spacial score (nSPS) is 25.7. The highest BCUT2D eigenvalue weighted by atomic mass is 32.1. The van der Waals surface area contributed by atoms with Crippen molar-refractivity contribution in [2.24, 2.45) is 5.92 Å². The Morgan fingerprint density at radius 1 is 1.38 bits per heavy atom. The first-order valence-corrected chi connectivity index (χ1v) is 9.05. The molecule has 4 heterocycles. The highest BCUT2D eigenvalue weighted by Crippen LogP contribution is 2.32. The van der Waals surface area contributed by atoms with Gasteiger partial charge in [-0.1, -0.05) is 6.92 Å². The molecule has 2 fully saturated rings. The molecular formula is C16H19N5O2S. The molecule has 1 amide bonds. The molecule has 2 aliphatic heterocycles. The van der Waals surface area contributed by atoms with Crippen LogP contribution in [0.15, 0.2) is 23.3 Å². The number of thiazole rings is 1. The predicted molar refractivity (Wildman–Crippen MR) is 90.2 cm³/mol. The molecule has 0 saturated carbocycles. The number of aryl methyl sites for hydroxylation is 1. The van der Waals surface area contributed by atoms with Gasteiger partial charge in [-0.25, -0.2) is 15.0 Å². The SMILES string of the molecule is CCc1cnc(N2C[C@@H](NC(=O)c3cscn3)[C@@H]3COC[C@@H]32)nc1. The van der Waals surface area contributed by atoms with Gasteiger partial charge in [0.05, 0.1) is 30.8 Å². The quantitative estimate of drug-likeness (QED) is 0.895. The lowest BCUT2D eigenvalue weighted by Gasteiger charge is -2.22. The van der Waals surface area contributed by atoms with E-state index in [4.69, 9.17) is 4.74 Å². The van der Waals surface area contributed by atoms with Crippen molar-refractivity contribution in [1.29, 1.82) is 0 Å². The van der Waals surface area contributed by atoms with Gasteiger partial charge in [-0.3, -0.25) is 4.79 Å². The molecule has 2 saturated heterocycles. The van der Waals surface area contributed by atoms with Crippen LogP contribution >= 0.6 is 11.3 Å². The van der Waals surface area contributed by atoms with E-state index >= 15 is 0 Å². The monoisotopic (exact) mass is 345 g/mol. The molecule has 2 aromatic heterocycles. The van der Waals surface area contributed by atoms with E-state index in [9.17, 15) is 4.79 Å². The Kier molecular flexibility index (Phi) is 4.15. The van der Waals surface area contributed by atoms with Crippen molar-refractivity contribution in [3.63, 3.8) is 0 Å². The second kappa shape index (κ2) is 6.45. The van der Waals surface area contributed by atoms with Crippen molar-refractivity contribution in [2.45, 2.75) is 25.4 Å². The number of carbonyl (C=O) groups excluding carboxylic acids is 1. The fraction of sp³-hybridized carbons (Fsp3) is 0.500. The van der Waals surface area contributed by atoms with Crippen LogP contribution in [0.25, 0.3) is 0 Å². The van der Waals surface area contributed by atoms with E-state index in [0.29, 0.717) is 31.4 Å². The van der Waals surface area contributed by atoms with Crippen LogP contribution in [-0.4, -0.2) is 52.7 Å². The van der Waals surface area contributed by atoms with Gasteiger partial charge in [0.2, 0.25) is 5.95 Å². The van der Waals surface area contributed by atoms with Crippen LogP contribution in [0.1, 0.15) is 23.0 Å². The summed E-state index contributed by atoms with van der Waals surface area (Å²) in [6.45, 7) is 4.07. The number of fused-ring (bicyclic) bond motifs is 1. The zero-order valence-electron chi connectivity index (χ0n) is 13.4. The first-order valence-electron chi connectivity index (χ1n) is 8.10. The molecule has 0 aliphatic carbocycles. The molecule has 0 unspecified atom stereocenters. The summed E-state index contributed by atoms with van der Waals surface area (Å²) >= 11 is 1.42. The van der Waals surface area contributed by atoms with E-state index in [-0.39, 0.29) is 23.9 Å². The summed E-state index contributed by atoms with van der Waals surface area (Å²) in [5.74, 6) is 0.830. The number of ether oxygens (including phenoxy) is 1. The molecule has 0 aromatic carbocycles. The third-order valence-electron chi connectivity index (χ3n) is 4.74. The molecule has 3 atom stereocenters.